The third-order valence-electron chi connectivity index (χ3n) is 13.8. The molecule has 1 unspecified atom stereocenters. The second-order valence-electron chi connectivity index (χ2n) is 18.0. The molecule has 1 spiro atoms. The van der Waals surface area contributed by atoms with Crippen LogP contribution >= 0.6 is 11.6 Å². The summed E-state index contributed by atoms with van der Waals surface area (Å²) in [6, 6.07) is 13.2. The average Bonchev–Trinajstić information content (AvgIpc) is 4.00. The molecule has 3 saturated carbocycles. The van der Waals surface area contributed by atoms with Crippen molar-refractivity contribution in [1.82, 2.24) is 30.4 Å². The Morgan fingerprint density at radius 3 is 2.34 bits per heavy atom. The zero-order valence-electron chi connectivity index (χ0n) is 34.8. The van der Waals surface area contributed by atoms with E-state index in [0.717, 1.165) is 95.2 Å². The first-order valence-electron chi connectivity index (χ1n) is 22.0. The van der Waals surface area contributed by atoms with Crippen molar-refractivity contribution >= 4 is 41.0 Å². The van der Waals surface area contributed by atoms with Gasteiger partial charge in [0.15, 0.2) is 0 Å². The van der Waals surface area contributed by atoms with Crippen molar-refractivity contribution in [1.29, 1.82) is 5.26 Å². The van der Waals surface area contributed by atoms with Crippen molar-refractivity contribution in [2.75, 3.05) is 24.5 Å². The number of hydrogen-bond acceptors (Lipinski definition) is 11. The molecule has 61 heavy (non-hydrogen) atoms. The van der Waals surface area contributed by atoms with E-state index in [9.17, 15) is 19.2 Å². The van der Waals surface area contributed by atoms with Crippen LogP contribution in [0.1, 0.15) is 123 Å². The van der Waals surface area contributed by atoms with Crippen LogP contribution in [0.15, 0.2) is 48.8 Å². The molecule has 1 aromatic heterocycles. The highest BCUT2D eigenvalue weighted by atomic mass is 35.5. The lowest BCUT2D eigenvalue weighted by molar-refractivity contribution is -0.137. The van der Waals surface area contributed by atoms with E-state index in [2.05, 4.69) is 50.3 Å². The minimum atomic E-state index is -0.624. The Balaban J connectivity index is 0.710. The fourth-order valence-electron chi connectivity index (χ4n) is 10.2. The zero-order chi connectivity index (χ0) is 42.4. The Bertz CT molecular complexity index is 2220. The van der Waals surface area contributed by atoms with Gasteiger partial charge < -0.3 is 24.6 Å². The number of piperidine rings is 2. The monoisotopic (exact) mass is 848 g/mol. The number of benzene rings is 2. The maximum atomic E-state index is 13.7. The van der Waals surface area contributed by atoms with Gasteiger partial charge in [-0.05, 0) is 107 Å². The van der Waals surface area contributed by atoms with Crippen LogP contribution < -0.4 is 25.0 Å². The number of imide groups is 1. The van der Waals surface area contributed by atoms with E-state index in [1.54, 1.807) is 35.5 Å². The van der Waals surface area contributed by atoms with Gasteiger partial charge in [-0.2, -0.15) is 5.26 Å². The number of hydrogen-bond donors (Lipinski definition) is 2. The van der Waals surface area contributed by atoms with Gasteiger partial charge in [0, 0.05) is 68.7 Å². The Morgan fingerprint density at radius 1 is 0.967 bits per heavy atom. The topological polar surface area (TPSA) is 170 Å². The number of anilines is 1. The minimum absolute atomic E-state index is 0.0237. The summed E-state index contributed by atoms with van der Waals surface area (Å²) >= 11 is 6.16. The Labute approximate surface area is 361 Å². The normalized spacial score (nSPS) is 25.8. The quantitative estimate of drug-likeness (QED) is 0.208. The van der Waals surface area contributed by atoms with E-state index < -0.39 is 11.6 Å². The molecule has 3 aromatic rings. The number of carbonyl (C=O) groups excluding carboxylic acids is 4. The summed E-state index contributed by atoms with van der Waals surface area (Å²) in [7, 11) is 0. The average molecular weight is 849 g/mol. The van der Waals surface area contributed by atoms with Crippen LogP contribution in [-0.2, 0) is 15.1 Å². The van der Waals surface area contributed by atoms with Gasteiger partial charge in [0.25, 0.3) is 11.8 Å². The molecule has 320 valence electrons. The predicted molar refractivity (Wildman–Crippen MR) is 226 cm³/mol. The van der Waals surface area contributed by atoms with Crippen molar-refractivity contribution in [3.05, 3.63) is 76.2 Å². The van der Waals surface area contributed by atoms with Crippen LogP contribution in [0, 0.1) is 17.2 Å². The molecule has 14 nitrogen and oxygen atoms in total. The molecule has 2 N–H and O–H groups in total. The summed E-state index contributed by atoms with van der Waals surface area (Å²) in [4.78, 5) is 67.1. The second kappa shape index (κ2) is 16.9. The molecule has 0 bridgehead atoms. The standard InChI is InChI=1S/C46H53ClN8O6/c1-27(2)54(31-19-35(20-31)61-33-9-10-37-36(21-33)45(59)55(46(37)15-16-46)40-11-12-42(56)52-44(40)58)26-28-13-17-53(18-14-28)41-25-49-39(24-50-41)43(57)51-30-4-7-32(8-5-30)60-34-6-3-29(23-48)38(47)22-34/h3,6,9-10,21-22,24-25,27-28,30-32,35,40H,4-5,7-8,11-20,26H2,1-2H3,(H,51,57)(H,52,56,58)/t30-,31-,32-,35-,40?. The van der Waals surface area contributed by atoms with Crippen LogP contribution in [0.4, 0.5) is 5.82 Å². The van der Waals surface area contributed by atoms with Crippen molar-refractivity contribution in [3.63, 3.8) is 0 Å². The molecule has 9 rings (SSSR count). The molecular weight excluding hydrogens is 796 g/mol. The molecule has 1 atom stereocenters. The minimum Gasteiger partial charge on any atom is -0.490 e. The van der Waals surface area contributed by atoms with Crippen LogP contribution in [0.5, 0.6) is 11.5 Å². The Morgan fingerprint density at radius 2 is 1.69 bits per heavy atom. The summed E-state index contributed by atoms with van der Waals surface area (Å²) in [5.41, 5.74) is 1.87. The highest BCUT2D eigenvalue weighted by Gasteiger charge is 2.61. The second-order valence-corrected chi connectivity index (χ2v) is 18.5. The Hall–Kier alpha value is -5.26. The number of fused-ring (bicyclic) bond motifs is 2. The summed E-state index contributed by atoms with van der Waals surface area (Å²) < 4.78 is 12.5. The molecule has 2 saturated heterocycles. The summed E-state index contributed by atoms with van der Waals surface area (Å²) in [5, 5.41) is 15.0. The summed E-state index contributed by atoms with van der Waals surface area (Å²) in [6.45, 7) is 7.32. The van der Waals surface area contributed by atoms with Crippen molar-refractivity contribution in [3.8, 4) is 17.6 Å². The van der Waals surface area contributed by atoms with Gasteiger partial charge in [-0.1, -0.05) is 17.7 Å². The van der Waals surface area contributed by atoms with Crippen LogP contribution in [0.2, 0.25) is 5.02 Å². The number of nitrogens with one attached hydrogen (secondary N) is 2. The van der Waals surface area contributed by atoms with Crippen LogP contribution in [-0.4, -0.2) is 99.4 Å². The number of halogens is 1. The van der Waals surface area contributed by atoms with Gasteiger partial charge in [0.05, 0.1) is 34.6 Å². The smallest absolute Gasteiger partial charge is 0.271 e. The summed E-state index contributed by atoms with van der Waals surface area (Å²) in [5.74, 6) is 1.66. The highest BCUT2D eigenvalue weighted by molar-refractivity contribution is 6.31. The summed E-state index contributed by atoms with van der Waals surface area (Å²) in [6.07, 6.45) is 12.8. The number of aromatic nitrogens is 2. The molecular formula is C46H53ClN8O6. The third kappa shape index (κ3) is 8.39. The van der Waals surface area contributed by atoms with Gasteiger partial charge in [0.2, 0.25) is 11.8 Å². The van der Waals surface area contributed by atoms with Gasteiger partial charge in [-0.3, -0.25) is 29.4 Å². The van der Waals surface area contributed by atoms with Gasteiger partial charge in [0.1, 0.15) is 41.2 Å². The van der Waals surface area contributed by atoms with Gasteiger partial charge in [-0.15, -0.1) is 0 Å². The van der Waals surface area contributed by atoms with E-state index in [4.69, 9.17) is 26.3 Å². The van der Waals surface area contributed by atoms with E-state index in [0.29, 0.717) is 57.8 Å². The van der Waals surface area contributed by atoms with E-state index in [1.165, 1.54) is 0 Å². The fourth-order valence-corrected chi connectivity index (χ4v) is 10.4. The first-order chi connectivity index (χ1) is 29.5. The SMILES string of the molecule is CC(C)N(CC1CCN(c2cnc(C(=O)N[C@H]3CC[C@H](Oc4ccc(C#N)c(Cl)c4)CC3)cn2)CC1)[C@H]1C[C@H](Oc2ccc3c(c2)C(=O)N(C2CCC(=O)NC2=O)C32CC2)C1. The highest BCUT2D eigenvalue weighted by Crippen LogP contribution is 2.58. The lowest BCUT2D eigenvalue weighted by Crippen LogP contribution is -2.55. The molecule has 4 amide bonds. The van der Waals surface area contributed by atoms with Crippen molar-refractivity contribution in [2.45, 2.75) is 133 Å². The first kappa shape index (κ1) is 41.1. The molecule has 2 aromatic carbocycles. The molecule has 15 heteroatoms. The molecule has 3 aliphatic carbocycles. The molecule has 4 heterocycles. The number of amides is 4. The lowest BCUT2D eigenvalue weighted by atomic mass is 9.85. The number of ether oxygens (including phenoxy) is 2. The van der Waals surface area contributed by atoms with Gasteiger partial charge in [-0.25, -0.2) is 9.97 Å². The molecule has 5 fully saturated rings. The third-order valence-corrected chi connectivity index (χ3v) is 14.1. The number of carbonyl (C=O) groups is 4. The van der Waals surface area contributed by atoms with E-state index in [-0.39, 0.29) is 48.3 Å². The Kier molecular flexibility index (Phi) is 11.4. The van der Waals surface area contributed by atoms with E-state index in [1.807, 2.05) is 18.2 Å². The molecule has 6 aliphatic rings. The molecule has 3 aliphatic heterocycles. The number of nitrogens with zero attached hydrogens (tertiary/aromatic N) is 6. The predicted octanol–water partition coefficient (Wildman–Crippen LogP) is 5.91. The van der Waals surface area contributed by atoms with Crippen molar-refractivity contribution in [2.24, 2.45) is 5.92 Å². The lowest BCUT2D eigenvalue weighted by Gasteiger charge is -2.46. The number of rotatable bonds is 12. The first-order valence-corrected chi connectivity index (χ1v) is 22.3. The van der Waals surface area contributed by atoms with Crippen molar-refractivity contribution < 1.29 is 28.7 Å². The fraction of sp³-hybridized carbons (Fsp3) is 0.543. The zero-order valence-corrected chi connectivity index (χ0v) is 35.5. The largest absolute Gasteiger partial charge is 0.490 e. The maximum Gasteiger partial charge on any atom is 0.271 e. The number of nitriles is 1. The maximum absolute atomic E-state index is 13.7. The molecule has 0 radical (unpaired) electrons. The van der Waals surface area contributed by atoms with Gasteiger partial charge >= 0.3 is 0 Å². The van der Waals surface area contributed by atoms with Crippen LogP contribution in [0.25, 0.3) is 0 Å². The van der Waals surface area contributed by atoms with Crippen LogP contribution in [0.3, 0.4) is 0 Å². The van der Waals surface area contributed by atoms with E-state index >= 15 is 0 Å².